The van der Waals surface area contributed by atoms with Crippen molar-refractivity contribution in [1.82, 2.24) is 5.09 Å². The first-order chi connectivity index (χ1) is 19.0. The fourth-order valence-corrected chi connectivity index (χ4v) is 5.19. The van der Waals surface area contributed by atoms with Crippen molar-refractivity contribution in [3.05, 3.63) is 132 Å². The van der Waals surface area contributed by atoms with Gasteiger partial charge in [0.25, 0.3) is 0 Å². The van der Waals surface area contributed by atoms with Crippen molar-refractivity contribution in [2.24, 2.45) is 4.99 Å². The molecule has 0 saturated carbocycles. The zero-order chi connectivity index (χ0) is 27.3. The lowest BCUT2D eigenvalue weighted by molar-refractivity contribution is -0.144. The maximum absolute atomic E-state index is 14.2. The molecule has 4 rings (SSSR count). The first kappa shape index (κ1) is 27.7. The number of para-hydroxylation sites is 2. The summed E-state index contributed by atoms with van der Waals surface area (Å²) in [7, 11) is -4.07. The Hall–Kier alpha value is -4.35. The predicted octanol–water partition coefficient (Wildman–Crippen LogP) is 6.66. The Balaban J connectivity index is 1.72. The molecule has 0 amide bonds. The summed E-state index contributed by atoms with van der Waals surface area (Å²) in [6, 6.07) is 35.8. The van der Waals surface area contributed by atoms with Gasteiger partial charge >= 0.3 is 13.7 Å². The Morgan fingerprint density at radius 2 is 1.21 bits per heavy atom. The number of benzene rings is 4. The molecular formula is C31H31N2O5P. The van der Waals surface area contributed by atoms with Crippen LogP contribution in [0, 0.1) is 0 Å². The van der Waals surface area contributed by atoms with Gasteiger partial charge in [-0.25, -0.2) is 9.36 Å². The molecule has 39 heavy (non-hydrogen) atoms. The van der Waals surface area contributed by atoms with E-state index in [1.165, 1.54) is 0 Å². The average Bonchev–Trinajstić information content (AvgIpc) is 2.95. The quantitative estimate of drug-likeness (QED) is 0.0933. The van der Waals surface area contributed by atoms with E-state index in [1.54, 1.807) is 55.5 Å². The maximum Gasteiger partial charge on any atom is 0.542 e. The first-order valence-electron chi connectivity index (χ1n) is 12.7. The highest BCUT2D eigenvalue weighted by Crippen LogP contribution is 2.45. The highest BCUT2D eigenvalue weighted by atomic mass is 31.2. The number of carbonyl (C=O) groups excluding carboxylic acids is 1. The van der Waals surface area contributed by atoms with Gasteiger partial charge in [-0.1, -0.05) is 97.1 Å². The van der Waals surface area contributed by atoms with Gasteiger partial charge in [-0.15, -0.1) is 0 Å². The summed E-state index contributed by atoms with van der Waals surface area (Å²) in [4.78, 5) is 17.7. The van der Waals surface area contributed by atoms with Crippen molar-refractivity contribution in [1.29, 1.82) is 0 Å². The van der Waals surface area contributed by atoms with Crippen molar-refractivity contribution < 1.29 is 23.1 Å². The van der Waals surface area contributed by atoms with E-state index in [9.17, 15) is 9.36 Å². The maximum atomic E-state index is 14.2. The zero-order valence-electron chi connectivity index (χ0n) is 21.7. The highest BCUT2D eigenvalue weighted by molar-refractivity contribution is 7.53. The third-order valence-corrected chi connectivity index (χ3v) is 6.99. The molecule has 200 valence electrons. The summed E-state index contributed by atoms with van der Waals surface area (Å²) < 4.78 is 31.4. The summed E-state index contributed by atoms with van der Waals surface area (Å²) in [6.07, 6.45) is 0.564. The second-order valence-corrected chi connectivity index (χ2v) is 10.2. The molecule has 0 heterocycles. The monoisotopic (exact) mass is 542 g/mol. The third-order valence-electron chi connectivity index (χ3n) is 5.56. The fraction of sp³-hybridized carbons (Fsp3) is 0.161. The number of amidine groups is 1. The summed E-state index contributed by atoms with van der Waals surface area (Å²) in [5, 5.41) is 2.94. The number of nitrogens with zero attached hydrogens (tertiary/aromatic N) is 1. The largest absolute Gasteiger partial charge is 0.542 e. The van der Waals surface area contributed by atoms with Crippen LogP contribution >= 0.6 is 7.75 Å². The van der Waals surface area contributed by atoms with Gasteiger partial charge in [0.1, 0.15) is 17.3 Å². The molecule has 0 aliphatic heterocycles. The van der Waals surface area contributed by atoms with Crippen molar-refractivity contribution >= 4 is 19.6 Å². The molecule has 1 N–H and O–H groups in total. The second kappa shape index (κ2) is 14.0. The van der Waals surface area contributed by atoms with Gasteiger partial charge in [-0.3, -0.25) is 10.1 Å². The van der Waals surface area contributed by atoms with Crippen LogP contribution in [0.3, 0.4) is 0 Å². The standard InChI is InChI=1S/C31H31N2O5P/c1-2-36-31(34)29(23-25-15-7-3-8-16-25)32-30(24-26-17-9-4-10-18-26)33-39(35,37-27-19-11-5-12-20-27)38-28-21-13-6-14-22-28/h3-22,29H,2,23-24H2,1H3,(H,32,33,35)/t29-/m0/s1. The number of nitrogens with one attached hydrogen (secondary N) is 1. The summed E-state index contributed by atoms with van der Waals surface area (Å²) in [6.45, 7) is 1.97. The molecule has 7 nitrogen and oxygen atoms in total. The molecule has 0 bridgehead atoms. The van der Waals surface area contributed by atoms with Gasteiger partial charge in [0.2, 0.25) is 0 Å². The van der Waals surface area contributed by atoms with E-state index >= 15 is 0 Å². The lowest BCUT2D eigenvalue weighted by atomic mass is 10.1. The number of esters is 1. The number of rotatable bonds is 12. The molecular weight excluding hydrogens is 511 g/mol. The normalized spacial score (nSPS) is 12.3. The molecule has 0 radical (unpaired) electrons. The number of ether oxygens (including phenoxy) is 1. The van der Waals surface area contributed by atoms with Gasteiger partial charge in [-0.05, 0) is 42.3 Å². The highest BCUT2D eigenvalue weighted by Gasteiger charge is 2.32. The summed E-state index contributed by atoms with van der Waals surface area (Å²) >= 11 is 0. The number of hydrogen-bond acceptors (Lipinski definition) is 6. The Morgan fingerprint density at radius 1 is 0.744 bits per heavy atom. The second-order valence-electron chi connectivity index (χ2n) is 8.61. The van der Waals surface area contributed by atoms with Crippen LogP contribution in [0.2, 0.25) is 0 Å². The molecule has 0 saturated heterocycles. The van der Waals surface area contributed by atoms with E-state index in [0.717, 1.165) is 11.1 Å². The van der Waals surface area contributed by atoms with E-state index in [-0.39, 0.29) is 18.9 Å². The molecule has 1 atom stereocenters. The molecule has 0 spiro atoms. The molecule has 0 aromatic heterocycles. The molecule has 4 aromatic carbocycles. The third kappa shape index (κ3) is 8.87. The fourth-order valence-electron chi connectivity index (χ4n) is 3.81. The molecule has 0 aliphatic rings. The van der Waals surface area contributed by atoms with Gasteiger partial charge in [0.15, 0.2) is 6.04 Å². The SMILES string of the molecule is CCOC(=O)[C@H](Cc1ccccc1)N=C(Cc1ccccc1)NP(=O)(Oc1ccccc1)Oc1ccccc1. The van der Waals surface area contributed by atoms with Crippen LogP contribution < -0.4 is 14.1 Å². The zero-order valence-corrected chi connectivity index (χ0v) is 22.6. The van der Waals surface area contributed by atoms with Crippen molar-refractivity contribution in [3.8, 4) is 11.5 Å². The van der Waals surface area contributed by atoms with Crippen LogP contribution in [-0.4, -0.2) is 24.5 Å². The summed E-state index contributed by atoms with van der Waals surface area (Å²) in [5.41, 5.74) is 1.82. The average molecular weight is 543 g/mol. The van der Waals surface area contributed by atoms with E-state index in [4.69, 9.17) is 18.8 Å². The van der Waals surface area contributed by atoms with E-state index in [2.05, 4.69) is 5.09 Å². The molecule has 8 heteroatoms. The van der Waals surface area contributed by atoms with Crippen LogP contribution in [0.25, 0.3) is 0 Å². The first-order valence-corrected chi connectivity index (χ1v) is 14.3. The van der Waals surface area contributed by atoms with Crippen LogP contribution in [-0.2, 0) is 26.9 Å². The van der Waals surface area contributed by atoms with Crippen molar-refractivity contribution in [2.45, 2.75) is 25.8 Å². The predicted molar refractivity (Wildman–Crippen MR) is 153 cm³/mol. The molecule has 0 unspecified atom stereocenters. The molecule has 0 aliphatic carbocycles. The Labute approximate surface area is 229 Å². The van der Waals surface area contributed by atoms with Crippen LogP contribution in [0.4, 0.5) is 0 Å². The van der Waals surface area contributed by atoms with Crippen LogP contribution in [0.15, 0.2) is 126 Å². The number of hydrogen-bond donors (Lipinski definition) is 1. The Kier molecular flexibility index (Phi) is 9.92. The van der Waals surface area contributed by atoms with Gasteiger partial charge in [-0.2, -0.15) is 0 Å². The minimum absolute atomic E-state index is 0.216. The minimum Gasteiger partial charge on any atom is -0.464 e. The van der Waals surface area contributed by atoms with E-state index in [0.29, 0.717) is 17.9 Å². The lowest BCUT2D eigenvalue weighted by Gasteiger charge is -2.23. The lowest BCUT2D eigenvalue weighted by Crippen LogP contribution is -2.32. The van der Waals surface area contributed by atoms with Crippen LogP contribution in [0.1, 0.15) is 18.1 Å². The van der Waals surface area contributed by atoms with Crippen LogP contribution in [0.5, 0.6) is 11.5 Å². The van der Waals surface area contributed by atoms with Crippen molar-refractivity contribution in [2.75, 3.05) is 6.61 Å². The van der Waals surface area contributed by atoms with E-state index in [1.807, 2.05) is 72.8 Å². The van der Waals surface area contributed by atoms with Gasteiger partial charge in [0, 0.05) is 12.8 Å². The molecule has 4 aromatic rings. The minimum atomic E-state index is -4.07. The van der Waals surface area contributed by atoms with Gasteiger partial charge in [0.05, 0.1) is 6.61 Å². The molecule has 0 fully saturated rings. The Bertz CT molecular complexity index is 1340. The Morgan fingerprint density at radius 3 is 1.69 bits per heavy atom. The topological polar surface area (TPSA) is 86.2 Å². The number of carbonyl (C=O) groups is 1. The van der Waals surface area contributed by atoms with Gasteiger partial charge < -0.3 is 13.8 Å². The van der Waals surface area contributed by atoms with E-state index < -0.39 is 19.8 Å². The summed E-state index contributed by atoms with van der Waals surface area (Å²) in [5.74, 6) is 0.506. The smallest absolute Gasteiger partial charge is 0.464 e. The number of aliphatic imine (C=N–C) groups is 1. The van der Waals surface area contributed by atoms with Crippen molar-refractivity contribution in [3.63, 3.8) is 0 Å².